The maximum Gasteiger partial charge on any atom is 0.309 e. The molecule has 4 saturated carbocycles. The predicted molar refractivity (Wildman–Crippen MR) is 122 cm³/mol. The molecule has 184 valence electrons. The number of likely N-dealkylation sites (tertiary alicyclic amines) is 1. The zero-order valence-corrected chi connectivity index (χ0v) is 20.1. The van der Waals surface area contributed by atoms with E-state index in [1.807, 2.05) is 0 Å². The maximum absolute atomic E-state index is 13.0. The van der Waals surface area contributed by atoms with E-state index in [4.69, 9.17) is 4.74 Å². The largest absolute Gasteiger partial charge is 0.466 e. The van der Waals surface area contributed by atoms with E-state index < -0.39 is 0 Å². The Morgan fingerprint density at radius 1 is 1.00 bits per heavy atom. The molecule has 0 radical (unpaired) electrons. The molecule has 0 aromatic heterocycles. The first-order valence-electron chi connectivity index (χ1n) is 12.8. The zero-order valence-electron chi connectivity index (χ0n) is 20.1. The van der Waals surface area contributed by atoms with Gasteiger partial charge in [0, 0.05) is 38.5 Å². The van der Waals surface area contributed by atoms with Crippen LogP contribution in [0.15, 0.2) is 0 Å². The smallest absolute Gasteiger partial charge is 0.309 e. The molecule has 1 heterocycles. The second kappa shape index (κ2) is 10.0. The van der Waals surface area contributed by atoms with Gasteiger partial charge in [-0.05, 0) is 76.0 Å². The minimum absolute atomic E-state index is 0.0197. The Morgan fingerprint density at radius 3 is 2.12 bits per heavy atom. The van der Waals surface area contributed by atoms with Crippen LogP contribution < -0.4 is 5.32 Å². The number of carbonyl (C=O) groups excluding carboxylic acids is 4. The lowest BCUT2D eigenvalue weighted by Crippen LogP contribution is -2.53. The molecule has 8 heteroatoms. The molecule has 33 heavy (non-hydrogen) atoms. The lowest BCUT2D eigenvalue weighted by Gasteiger charge is -2.55. The summed E-state index contributed by atoms with van der Waals surface area (Å²) in [5.74, 6) is 1.69. The number of likely N-dealkylation sites (N-methyl/N-ethyl adjacent to an activating group) is 1. The van der Waals surface area contributed by atoms with Crippen molar-refractivity contribution >= 4 is 23.7 Å². The molecule has 1 N–H and O–H groups in total. The van der Waals surface area contributed by atoms with Gasteiger partial charge in [-0.25, -0.2) is 0 Å². The van der Waals surface area contributed by atoms with Crippen LogP contribution in [0.2, 0.25) is 0 Å². The van der Waals surface area contributed by atoms with E-state index in [1.165, 1.54) is 24.2 Å². The number of esters is 1. The fourth-order valence-electron chi connectivity index (χ4n) is 7.07. The lowest BCUT2D eigenvalue weighted by molar-refractivity contribution is -0.151. The van der Waals surface area contributed by atoms with Crippen LogP contribution in [-0.2, 0) is 23.9 Å². The Morgan fingerprint density at radius 2 is 1.58 bits per heavy atom. The second-order valence-electron chi connectivity index (χ2n) is 10.9. The topological polar surface area (TPSA) is 96.0 Å². The first kappa shape index (κ1) is 24.0. The van der Waals surface area contributed by atoms with Crippen LogP contribution >= 0.6 is 0 Å². The SMILES string of the molecule is CCOC(=O)C1CCN(C(=O)CN(C)C(=O)CCNC(=O)C23CC4CC(CC(C4)C2)C3)CC1. The van der Waals surface area contributed by atoms with Gasteiger partial charge in [0.25, 0.3) is 0 Å². The highest BCUT2D eigenvalue weighted by Gasteiger charge is 2.54. The first-order valence-corrected chi connectivity index (χ1v) is 12.8. The summed E-state index contributed by atoms with van der Waals surface area (Å²) in [6, 6.07) is 0. The van der Waals surface area contributed by atoms with Crippen molar-refractivity contribution in [2.45, 2.75) is 64.7 Å². The van der Waals surface area contributed by atoms with Gasteiger partial charge in [0.15, 0.2) is 0 Å². The number of nitrogens with zero attached hydrogens (tertiary/aromatic N) is 2. The molecule has 0 aromatic rings. The van der Waals surface area contributed by atoms with Crippen LogP contribution in [0.3, 0.4) is 0 Å². The van der Waals surface area contributed by atoms with Gasteiger partial charge in [0.05, 0.1) is 19.1 Å². The van der Waals surface area contributed by atoms with E-state index in [1.54, 1.807) is 18.9 Å². The molecule has 8 nitrogen and oxygen atoms in total. The molecule has 4 aliphatic carbocycles. The molecular formula is C25H39N3O5. The molecule has 5 rings (SSSR count). The van der Waals surface area contributed by atoms with Gasteiger partial charge in [-0.2, -0.15) is 0 Å². The average Bonchev–Trinajstić information content (AvgIpc) is 2.78. The van der Waals surface area contributed by atoms with E-state index in [0.717, 1.165) is 19.3 Å². The van der Waals surface area contributed by atoms with Gasteiger partial charge in [0.2, 0.25) is 17.7 Å². The highest BCUT2D eigenvalue weighted by atomic mass is 16.5. The molecule has 0 unspecified atom stereocenters. The van der Waals surface area contributed by atoms with Crippen molar-refractivity contribution in [2.24, 2.45) is 29.1 Å². The number of carbonyl (C=O) groups is 4. The Balaban J connectivity index is 1.16. The van der Waals surface area contributed by atoms with E-state index in [9.17, 15) is 19.2 Å². The van der Waals surface area contributed by atoms with Gasteiger partial charge in [-0.15, -0.1) is 0 Å². The number of rotatable bonds is 8. The zero-order chi connectivity index (χ0) is 23.6. The second-order valence-corrected chi connectivity index (χ2v) is 10.9. The molecule has 0 spiro atoms. The van der Waals surface area contributed by atoms with E-state index in [-0.39, 0.29) is 48.0 Å². The highest BCUT2D eigenvalue weighted by Crippen LogP contribution is 2.60. The van der Waals surface area contributed by atoms with Crippen LogP contribution in [0.1, 0.15) is 64.7 Å². The molecule has 0 atom stereocenters. The number of ether oxygens (including phenoxy) is 1. The molecule has 4 bridgehead atoms. The Hall–Kier alpha value is -2.12. The van der Waals surface area contributed by atoms with Crippen LogP contribution in [0.25, 0.3) is 0 Å². The first-order chi connectivity index (χ1) is 15.8. The molecule has 0 aromatic carbocycles. The van der Waals surface area contributed by atoms with Crippen LogP contribution in [0.4, 0.5) is 0 Å². The molecular weight excluding hydrogens is 422 g/mol. The molecule has 5 fully saturated rings. The van der Waals surface area contributed by atoms with Crippen molar-refractivity contribution in [3.05, 3.63) is 0 Å². The summed E-state index contributed by atoms with van der Waals surface area (Å²) in [6.07, 6.45) is 8.32. The van der Waals surface area contributed by atoms with Gasteiger partial charge in [-0.3, -0.25) is 19.2 Å². The molecule has 3 amide bonds. The normalized spacial score (nSPS) is 30.7. The number of hydrogen-bond acceptors (Lipinski definition) is 5. The Kier molecular flexibility index (Phi) is 7.29. The minimum Gasteiger partial charge on any atom is -0.466 e. The average molecular weight is 462 g/mol. The molecule has 5 aliphatic rings. The summed E-state index contributed by atoms with van der Waals surface area (Å²) in [7, 11) is 1.63. The number of amides is 3. The standard InChI is InChI=1S/C25H39N3O5/c1-3-33-23(31)20-5-8-28(9-6-20)22(30)16-27(2)21(29)4-7-26-24(32)25-13-17-10-18(14-25)12-19(11-17)15-25/h17-20H,3-16H2,1-2H3,(H,26,32). The summed E-state index contributed by atoms with van der Waals surface area (Å²) in [4.78, 5) is 53.2. The third kappa shape index (κ3) is 5.35. The molecule has 1 aliphatic heterocycles. The lowest BCUT2D eigenvalue weighted by atomic mass is 9.49. The monoisotopic (exact) mass is 461 g/mol. The van der Waals surface area contributed by atoms with Crippen molar-refractivity contribution < 1.29 is 23.9 Å². The van der Waals surface area contributed by atoms with Crippen LogP contribution in [0, 0.1) is 29.1 Å². The number of hydrogen-bond donors (Lipinski definition) is 1. The van der Waals surface area contributed by atoms with E-state index in [0.29, 0.717) is 56.8 Å². The van der Waals surface area contributed by atoms with Crippen molar-refractivity contribution in [3.8, 4) is 0 Å². The van der Waals surface area contributed by atoms with Crippen LogP contribution in [-0.4, -0.2) is 73.3 Å². The van der Waals surface area contributed by atoms with Crippen molar-refractivity contribution in [1.82, 2.24) is 15.1 Å². The summed E-state index contributed by atoms with van der Waals surface area (Å²) in [6.45, 7) is 3.51. The Bertz CT molecular complexity index is 739. The summed E-state index contributed by atoms with van der Waals surface area (Å²) in [5.41, 5.74) is -0.199. The summed E-state index contributed by atoms with van der Waals surface area (Å²) < 4.78 is 5.07. The van der Waals surface area contributed by atoms with E-state index >= 15 is 0 Å². The fourth-order valence-corrected chi connectivity index (χ4v) is 7.07. The predicted octanol–water partition coefficient (Wildman–Crippen LogP) is 1.97. The third-order valence-electron chi connectivity index (χ3n) is 8.41. The number of piperidine rings is 1. The molecule has 1 saturated heterocycles. The van der Waals surface area contributed by atoms with Gasteiger partial charge in [-0.1, -0.05) is 0 Å². The maximum atomic E-state index is 13.0. The number of nitrogens with one attached hydrogen (secondary N) is 1. The third-order valence-corrected chi connectivity index (χ3v) is 8.41. The fraction of sp³-hybridized carbons (Fsp3) is 0.840. The van der Waals surface area contributed by atoms with Crippen molar-refractivity contribution in [1.29, 1.82) is 0 Å². The van der Waals surface area contributed by atoms with E-state index in [2.05, 4.69) is 5.32 Å². The Labute approximate surface area is 196 Å². The van der Waals surface area contributed by atoms with Gasteiger partial charge in [0.1, 0.15) is 0 Å². The minimum atomic E-state index is -0.199. The van der Waals surface area contributed by atoms with Crippen molar-refractivity contribution in [2.75, 3.05) is 39.8 Å². The van der Waals surface area contributed by atoms with Crippen LogP contribution in [0.5, 0.6) is 0 Å². The summed E-state index contributed by atoms with van der Waals surface area (Å²) >= 11 is 0. The highest BCUT2D eigenvalue weighted by molar-refractivity contribution is 5.86. The van der Waals surface area contributed by atoms with Gasteiger partial charge < -0.3 is 19.9 Å². The summed E-state index contributed by atoms with van der Waals surface area (Å²) in [5, 5.41) is 3.04. The van der Waals surface area contributed by atoms with Crippen molar-refractivity contribution in [3.63, 3.8) is 0 Å². The van der Waals surface area contributed by atoms with Gasteiger partial charge >= 0.3 is 5.97 Å². The quantitative estimate of drug-likeness (QED) is 0.558.